The van der Waals surface area contributed by atoms with Gasteiger partial charge in [-0.1, -0.05) is 13.5 Å². The number of ether oxygens (including phenoxy) is 2. The third kappa shape index (κ3) is 5.89. The van der Waals surface area contributed by atoms with Crippen LogP contribution in [0.25, 0.3) is 0 Å². The smallest absolute Gasteiger partial charge is 0.396 e. The van der Waals surface area contributed by atoms with Crippen molar-refractivity contribution < 1.29 is 44.8 Å². The molecule has 27 heavy (non-hydrogen) atoms. The predicted molar refractivity (Wildman–Crippen MR) is 86.4 cm³/mol. The topological polar surface area (TPSA) is 92.7 Å². The molecule has 0 aromatic carbocycles. The Morgan fingerprint density at radius 1 is 1.22 bits per heavy atom. The lowest BCUT2D eigenvalue weighted by Gasteiger charge is -2.28. The Balaban J connectivity index is 2.39. The number of carbonyl (C=O) groups excluding carboxylic acids is 1. The maximum Gasteiger partial charge on any atom is 0.396 e. The summed E-state index contributed by atoms with van der Waals surface area (Å²) in [7, 11) is -6.50. The Labute approximate surface area is 155 Å². The van der Waals surface area contributed by atoms with E-state index >= 15 is 0 Å². The van der Waals surface area contributed by atoms with Crippen LogP contribution in [-0.4, -0.2) is 48.9 Å². The maximum atomic E-state index is 13.2. The highest BCUT2D eigenvalue weighted by atomic mass is 32.2. The van der Waals surface area contributed by atoms with Gasteiger partial charge < -0.3 is 14.0 Å². The summed E-state index contributed by atoms with van der Waals surface area (Å²) in [5, 5.41) is -5.71. The molecule has 0 bridgehead atoms. The number of hydrogen-bond donors (Lipinski definition) is 0. The molecule has 0 saturated heterocycles. The van der Waals surface area contributed by atoms with E-state index in [4.69, 9.17) is 9.47 Å². The molecule has 1 fully saturated rings. The average molecular weight is 419 g/mol. The first-order valence-electron chi connectivity index (χ1n) is 8.48. The average Bonchev–Trinajstić information content (AvgIpc) is 3.02. The minimum Gasteiger partial charge on any atom is -0.743 e. The second-order valence-electron chi connectivity index (χ2n) is 6.57. The van der Waals surface area contributed by atoms with E-state index in [2.05, 4.69) is 6.58 Å². The van der Waals surface area contributed by atoms with Gasteiger partial charge in [-0.05, 0) is 38.5 Å². The van der Waals surface area contributed by atoms with Crippen LogP contribution in [0.2, 0.25) is 0 Å². The summed E-state index contributed by atoms with van der Waals surface area (Å²) in [6.07, 6.45) is 1.81. The first-order chi connectivity index (χ1) is 12.3. The number of hydrogen-bond acceptors (Lipinski definition) is 6. The quantitative estimate of drug-likeness (QED) is 0.168. The van der Waals surface area contributed by atoms with Crippen molar-refractivity contribution >= 4 is 16.1 Å². The largest absolute Gasteiger partial charge is 0.743 e. The molecule has 0 unspecified atom stereocenters. The van der Waals surface area contributed by atoms with Crippen LogP contribution < -0.4 is 0 Å². The minimum atomic E-state index is -6.50. The van der Waals surface area contributed by atoms with E-state index < -0.39 is 52.3 Å². The van der Waals surface area contributed by atoms with Crippen molar-refractivity contribution in [3.05, 3.63) is 12.2 Å². The molecule has 0 aromatic rings. The first kappa shape index (κ1) is 23.8. The van der Waals surface area contributed by atoms with E-state index in [1.54, 1.807) is 0 Å². The predicted octanol–water partition coefficient (Wildman–Crippen LogP) is 3.38. The van der Waals surface area contributed by atoms with Gasteiger partial charge in [0, 0.05) is 13.0 Å². The third-order valence-electron chi connectivity index (χ3n) is 4.55. The Hall–Kier alpha value is -1.20. The van der Waals surface area contributed by atoms with Crippen molar-refractivity contribution in [3.63, 3.8) is 0 Å². The summed E-state index contributed by atoms with van der Waals surface area (Å²) in [5.41, 5.74) is -0.578. The minimum absolute atomic E-state index is 0.0473. The van der Waals surface area contributed by atoms with Crippen LogP contribution in [0.4, 0.5) is 17.6 Å². The number of esters is 1. The third-order valence-corrected chi connectivity index (χ3v) is 5.48. The Morgan fingerprint density at radius 2 is 1.78 bits per heavy atom. The van der Waals surface area contributed by atoms with Crippen LogP contribution in [0.3, 0.4) is 0 Å². The maximum absolute atomic E-state index is 13.2. The zero-order valence-corrected chi connectivity index (χ0v) is 15.8. The zero-order valence-electron chi connectivity index (χ0n) is 14.9. The van der Waals surface area contributed by atoms with Gasteiger partial charge in [0.2, 0.25) is 0 Å². The normalized spacial score (nSPS) is 17.7. The lowest BCUT2D eigenvalue weighted by Crippen LogP contribution is -2.46. The van der Waals surface area contributed by atoms with Gasteiger partial charge in [0.15, 0.2) is 10.1 Å². The summed E-state index contributed by atoms with van der Waals surface area (Å²) in [6.45, 7) is 4.58. The monoisotopic (exact) mass is 419 g/mol. The van der Waals surface area contributed by atoms with Gasteiger partial charge in [0.1, 0.15) is 5.60 Å². The molecule has 0 radical (unpaired) electrons. The van der Waals surface area contributed by atoms with Crippen LogP contribution in [0.1, 0.15) is 51.9 Å². The van der Waals surface area contributed by atoms with Crippen molar-refractivity contribution in [1.82, 2.24) is 0 Å². The summed E-state index contributed by atoms with van der Waals surface area (Å²) in [6, 6.07) is 0. The van der Waals surface area contributed by atoms with Crippen LogP contribution in [0.5, 0.6) is 0 Å². The molecule has 0 N–H and O–H groups in total. The SMILES string of the molecule is C=C(COCCCC(F)(F)C(F)(F)S(=O)(=O)[O-])C(=O)OC1(CC)CCCC1. The van der Waals surface area contributed by atoms with Crippen molar-refractivity contribution in [2.75, 3.05) is 13.2 Å². The summed E-state index contributed by atoms with van der Waals surface area (Å²) < 4.78 is 93.6. The Bertz CT molecular complexity index is 641. The van der Waals surface area contributed by atoms with Gasteiger partial charge in [0.05, 0.1) is 12.2 Å². The molecule has 0 heterocycles. The number of rotatable bonds is 11. The van der Waals surface area contributed by atoms with Gasteiger partial charge in [-0.25, -0.2) is 13.2 Å². The molecule has 0 aliphatic heterocycles. The number of carbonyl (C=O) groups is 1. The molecular weight excluding hydrogens is 396 g/mol. The lowest BCUT2D eigenvalue weighted by atomic mass is 9.99. The molecule has 1 aliphatic carbocycles. The van der Waals surface area contributed by atoms with Gasteiger partial charge in [0.25, 0.3) is 0 Å². The highest BCUT2D eigenvalue weighted by Crippen LogP contribution is 2.41. The first-order valence-corrected chi connectivity index (χ1v) is 9.89. The van der Waals surface area contributed by atoms with Crippen LogP contribution in [0.15, 0.2) is 12.2 Å². The number of halogens is 4. The highest BCUT2D eigenvalue weighted by Gasteiger charge is 2.60. The van der Waals surface area contributed by atoms with Crippen LogP contribution in [-0.2, 0) is 24.4 Å². The molecular formula is C16H23F4O6S-. The molecule has 0 spiro atoms. The molecule has 1 rings (SSSR count). The second-order valence-corrected chi connectivity index (χ2v) is 7.99. The molecule has 1 saturated carbocycles. The fourth-order valence-electron chi connectivity index (χ4n) is 2.79. The molecule has 0 aromatic heterocycles. The van der Waals surface area contributed by atoms with E-state index in [0.717, 1.165) is 25.7 Å². The van der Waals surface area contributed by atoms with E-state index in [-0.39, 0.29) is 12.2 Å². The molecule has 0 atom stereocenters. The summed E-state index contributed by atoms with van der Waals surface area (Å²) >= 11 is 0. The van der Waals surface area contributed by atoms with Gasteiger partial charge >= 0.3 is 17.1 Å². The molecule has 0 amide bonds. The molecule has 11 heteroatoms. The summed E-state index contributed by atoms with van der Waals surface area (Å²) in [5.74, 6) is -5.70. The fraction of sp³-hybridized carbons (Fsp3) is 0.812. The van der Waals surface area contributed by atoms with Gasteiger partial charge in [-0.3, -0.25) is 0 Å². The van der Waals surface area contributed by atoms with Gasteiger partial charge in [-0.2, -0.15) is 17.6 Å². The lowest BCUT2D eigenvalue weighted by molar-refractivity contribution is -0.166. The molecule has 6 nitrogen and oxygen atoms in total. The Kier molecular flexibility index (Phi) is 7.83. The van der Waals surface area contributed by atoms with Gasteiger partial charge in [-0.15, -0.1) is 0 Å². The highest BCUT2D eigenvalue weighted by molar-refractivity contribution is 7.86. The van der Waals surface area contributed by atoms with Crippen LogP contribution in [0, 0.1) is 0 Å². The van der Waals surface area contributed by atoms with Crippen molar-refractivity contribution in [1.29, 1.82) is 0 Å². The molecule has 1 aliphatic rings. The van der Waals surface area contributed by atoms with E-state index in [1.165, 1.54) is 0 Å². The Morgan fingerprint density at radius 3 is 2.26 bits per heavy atom. The second kappa shape index (κ2) is 8.87. The molecule has 158 valence electrons. The van der Waals surface area contributed by atoms with Crippen LogP contribution >= 0.6 is 0 Å². The zero-order chi connectivity index (χ0) is 20.9. The van der Waals surface area contributed by atoms with Crippen molar-refractivity contribution in [2.24, 2.45) is 0 Å². The fourth-order valence-corrected chi connectivity index (χ4v) is 3.26. The van der Waals surface area contributed by atoms with Crippen molar-refractivity contribution in [2.45, 2.75) is 68.6 Å². The van der Waals surface area contributed by atoms with E-state index in [1.807, 2.05) is 6.92 Å². The van der Waals surface area contributed by atoms with Crippen molar-refractivity contribution in [3.8, 4) is 0 Å². The summed E-state index contributed by atoms with van der Waals surface area (Å²) in [4.78, 5) is 12.0. The standard InChI is InChI=1S/C16H24F4O6S/c1-3-14(7-4-5-8-14)26-13(21)12(2)11-25-10-6-9-15(17,18)16(19,20)27(22,23)24/h2-11H2,1H3,(H,22,23,24)/p-1. The number of alkyl halides is 4. The van der Waals surface area contributed by atoms with E-state index in [9.17, 15) is 35.3 Å². The van der Waals surface area contributed by atoms with E-state index in [0.29, 0.717) is 6.42 Å².